The van der Waals surface area contributed by atoms with Crippen molar-refractivity contribution in [2.75, 3.05) is 6.54 Å². The Morgan fingerprint density at radius 1 is 1.12 bits per heavy atom. The molecule has 8 nitrogen and oxygen atoms in total. The van der Waals surface area contributed by atoms with Crippen LogP contribution < -0.4 is 16.0 Å². The predicted molar refractivity (Wildman–Crippen MR) is 128 cm³/mol. The van der Waals surface area contributed by atoms with Crippen molar-refractivity contribution in [2.24, 2.45) is 0 Å². The van der Waals surface area contributed by atoms with Gasteiger partial charge in [-0.05, 0) is 62.4 Å². The predicted octanol–water partition coefficient (Wildman–Crippen LogP) is 4.26. The number of rotatable bonds is 7. The third kappa shape index (κ3) is 7.66. The molecular formula is C25H30ClN3O5. The van der Waals surface area contributed by atoms with E-state index in [4.69, 9.17) is 21.1 Å². The Kier molecular flexibility index (Phi) is 8.39. The highest BCUT2D eigenvalue weighted by molar-refractivity contribution is 6.30. The number of amides is 3. The summed E-state index contributed by atoms with van der Waals surface area (Å²) in [5.41, 5.74) is 2.18. The van der Waals surface area contributed by atoms with Crippen LogP contribution >= 0.6 is 11.6 Å². The molecule has 3 amide bonds. The smallest absolute Gasteiger partial charge is 0.408 e. The lowest BCUT2D eigenvalue weighted by atomic mass is 10.1. The maximum absolute atomic E-state index is 12.7. The zero-order chi connectivity index (χ0) is 24.7. The summed E-state index contributed by atoms with van der Waals surface area (Å²) in [7, 11) is 0. The summed E-state index contributed by atoms with van der Waals surface area (Å²) < 4.78 is 10.6. The van der Waals surface area contributed by atoms with Crippen LogP contribution in [0.1, 0.15) is 49.9 Å². The molecule has 9 heteroatoms. The van der Waals surface area contributed by atoms with E-state index in [0.29, 0.717) is 5.02 Å². The molecule has 3 N–H and O–H groups in total. The zero-order valence-electron chi connectivity index (χ0n) is 19.5. The van der Waals surface area contributed by atoms with Crippen LogP contribution in [0.15, 0.2) is 48.5 Å². The van der Waals surface area contributed by atoms with Gasteiger partial charge in [0, 0.05) is 5.02 Å². The van der Waals surface area contributed by atoms with Crippen LogP contribution in [0.4, 0.5) is 9.59 Å². The van der Waals surface area contributed by atoms with Gasteiger partial charge >= 0.3 is 18.1 Å². The lowest BCUT2D eigenvalue weighted by molar-refractivity contribution is -0.147. The van der Waals surface area contributed by atoms with Crippen LogP contribution in [-0.4, -0.2) is 36.3 Å². The fourth-order valence-electron chi connectivity index (χ4n) is 3.61. The highest BCUT2D eigenvalue weighted by Gasteiger charge is 2.28. The average Bonchev–Trinajstić information content (AvgIpc) is 3.15. The molecule has 0 heterocycles. The molecule has 2 aromatic rings. The summed E-state index contributed by atoms with van der Waals surface area (Å²) in [6.45, 7) is 5.02. The number of carbonyl (C=O) groups is 3. The number of alkyl carbamates (subject to hydrolysis) is 1. The Labute approximate surface area is 204 Å². The lowest BCUT2D eigenvalue weighted by Gasteiger charge is -2.23. The van der Waals surface area contributed by atoms with Crippen molar-refractivity contribution in [3.8, 4) is 0 Å². The van der Waals surface area contributed by atoms with Crippen molar-refractivity contribution in [1.29, 1.82) is 0 Å². The second-order valence-electron chi connectivity index (χ2n) is 9.08. The molecule has 2 aromatic carbocycles. The number of aryl methyl sites for hydroxylation is 1. The monoisotopic (exact) mass is 487 g/mol. The lowest BCUT2D eigenvalue weighted by Crippen LogP contribution is -2.52. The van der Waals surface area contributed by atoms with Crippen LogP contribution in [0, 0.1) is 0 Å². The van der Waals surface area contributed by atoms with Crippen molar-refractivity contribution >= 4 is 29.7 Å². The van der Waals surface area contributed by atoms with E-state index in [1.807, 2.05) is 42.5 Å². The second kappa shape index (κ2) is 11.2. The minimum Gasteiger partial charge on any atom is -0.459 e. The third-order valence-corrected chi connectivity index (χ3v) is 5.39. The number of esters is 1. The fourth-order valence-corrected chi connectivity index (χ4v) is 3.81. The molecule has 0 aromatic heterocycles. The summed E-state index contributed by atoms with van der Waals surface area (Å²) in [6, 6.07) is 13.0. The van der Waals surface area contributed by atoms with Crippen molar-refractivity contribution in [1.82, 2.24) is 16.0 Å². The number of urea groups is 1. The Balaban J connectivity index is 1.58. The zero-order valence-corrected chi connectivity index (χ0v) is 20.3. The van der Waals surface area contributed by atoms with Gasteiger partial charge in [0.05, 0.1) is 12.6 Å². The van der Waals surface area contributed by atoms with Crippen molar-refractivity contribution in [3.63, 3.8) is 0 Å². The van der Waals surface area contributed by atoms with Gasteiger partial charge in [0.25, 0.3) is 0 Å². The maximum atomic E-state index is 12.7. The van der Waals surface area contributed by atoms with Gasteiger partial charge in [-0.15, -0.1) is 0 Å². The molecule has 1 aliphatic carbocycles. The molecule has 0 saturated carbocycles. The number of fused-ring (bicyclic) bond motifs is 1. The van der Waals surface area contributed by atoms with Gasteiger partial charge in [0.1, 0.15) is 18.2 Å². The number of carbonyl (C=O) groups excluding carboxylic acids is 3. The molecule has 0 fully saturated rings. The minimum atomic E-state index is -1.13. The topological polar surface area (TPSA) is 106 Å². The van der Waals surface area contributed by atoms with Gasteiger partial charge in [-0.2, -0.15) is 0 Å². The third-order valence-electron chi connectivity index (χ3n) is 5.15. The standard InChI is InChI=1S/C25H30ClN3O5/c1-25(2,3)34-24(32)29-21(22(30)33-15-16-7-5-4-6-8-16)14-27-23(31)28-20-12-9-17-13-18(26)10-11-19(17)20/h4-8,10-11,13,20-21H,9,12,14-15H2,1-3H3,(H,29,32)(H2,27,28,31)/t20-,21?/m1/s1. The molecule has 2 atom stereocenters. The molecular weight excluding hydrogens is 458 g/mol. The Bertz CT molecular complexity index is 1020. The first-order valence-corrected chi connectivity index (χ1v) is 11.5. The summed E-state index contributed by atoms with van der Waals surface area (Å²) in [4.78, 5) is 37.5. The summed E-state index contributed by atoms with van der Waals surface area (Å²) in [5.74, 6) is -0.684. The molecule has 0 bridgehead atoms. The summed E-state index contributed by atoms with van der Waals surface area (Å²) in [5, 5.41) is 8.71. The molecule has 182 valence electrons. The molecule has 0 spiro atoms. The highest BCUT2D eigenvalue weighted by atomic mass is 35.5. The van der Waals surface area contributed by atoms with Gasteiger partial charge in [0.2, 0.25) is 0 Å². The van der Waals surface area contributed by atoms with Crippen molar-refractivity contribution in [3.05, 3.63) is 70.2 Å². The Hall–Kier alpha value is -3.26. The molecule has 0 saturated heterocycles. The fraction of sp³-hybridized carbons (Fsp3) is 0.400. The highest BCUT2D eigenvalue weighted by Crippen LogP contribution is 2.32. The molecule has 3 rings (SSSR count). The van der Waals surface area contributed by atoms with Gasteiger partial charge in [-0.3, -0.25) is 0 Å². The second-order valence-corrected chi connectivity index (χ2v) is 9.52. The van der Waals surface area contributed by atoms with Gasteiger partial charge in [0.15, 0.2) is 0 Å². The average molecular weight is 488 g/mol. The number of benzene rings is 2. The first-order chi connectivity index (χ1) is 16.1. The van der Waals surface area contributed by atoms with Crippen molar-refractivity contribution in [2.45, 2.75) is 57.9 Å². The van der Waals surface area contributed by atoms with E-state index >= 15 is 0 Å². The van der Waals surface area contributed by atoms with E-state index in [1.165, 1.54) is 0 Å². The number of hydrogen-bond donors (Lipinski definition) is 3. The molecule has 0 aliphatic heterocycles. The van der Waals surface area contributed by atoms with E-state index in [2.05, 4.69) is 16.0 Å². The van der Waals surface area contributed by atoms with Crippen LogP contribution in [-0.2, 0) is 27.3 Å². The quantitative estimate of drug-likeness (QED) is 0.506. The van der Waals surface area contributed by atoms with Gasteiger partial charge < -0.3 is 25.4 Å². The minimum absolute atomic E-state index is 0.0415. The molecule has 1 aliphatic rings. The first kappa shape index (κ1) is 25.4. The number of ether oxygens (including phenoxy) is 2. The first-order valence-electron chi connectivity index (χ1n) is 11.1. The largest absolute Gasteiger partial charge is 0.459 e. The number of nitrogens with one attached hydrogen (secondary N) is 3. The number of hydrogen-bond acceptors (Lipinski definition) is 5. The molecule has 1 unspecified atom stereocenters. The van der Waals surface area contributed by atoms with Gasteiger partial charge in [-0.1, -0.05) is 48.0 Å². The SMILES string of the molecule is CC(C)(C)OC(=O)NC(CNC(=O)N[C@@H]1CCc2cc(Cl)ccc21)C(=O)OCc1ccccc1. The molecule has 34 heavy (non-hydrogen) atoms. The van der Waals surface area contributed by atoms with Crippen LogP contribution in [0.5, 0.6) is 0 Å². The normalized spacial score (nSPS) is 15.6. The van der Waals surface area contributed by atoms with E-state index in [1.54, 1.807) is 26.8 Å². The van der Waals surface area contributed by atoms with E-state index in [-0.39, 0.29) is 19.2 Å². The summed E-state index contributed by atoms with van der Waals surface area (Å²) in [6.07, 6.45) is 0.787. The number of halogens is 1. The molecule has 0 radical (unpaired) electrons. The van der Waals surface area contributed by atoms with Crippen LogP contribution in [0.3, 0.4) is 0 Å². The van der Waals surface area contributed by atoms with Crippen LogP contribution in [0.25, 0.3) is 0 Å². The Morgan fingerprint density at radius 3 is 2.56 bits per heavy atom. The maximum Gasteiger partial charge on any atom is 0.408 e. The van der Waals surface area contributed by atoms with E-state index in [9.17, 15) is 14.4 Å². The summed E-state index contributed by atoms with van der Waals surface area (Å²) >= 11 is 6.05. The van der Waals surface area contributed by atoms with Gasteiger partial charge in [-0.25, -0.2) is 14.4 Å². The van der Waals surface area contributed by atoms with Crippen molar-refractivity contribution < 1.29 is 23.9 Å². The van der Waals surface area contributed by atoms with E-state index in [0.717, 1.165) is 29.5 Å². The van der Waals surface area contributed by atoms with E-state index < -0.39 is 29.7 Å². The van der Waals surface area contributed by atoms with Crippen LogP contribution in [0.2, 0.25) is 5.02 Å². The Morgan fingerprint density at radius 2 is 1.85 bits per heavy atom.